The first-order valence-corrected chi connectivity index (χ1v) is 13.9. The lowest BCUT2D eigenvalue weighted by Crippen LogP contribution is -2.43. The molecule has 2 atom stereocenters. The predicted octanol–water partition coefficient (Wildman–Crippen LogP) is 6.12. The normalized spacial score (nSPS) is 21.8. The summed E-state index contributed by atoms with van der Waals surface area (Å²) in [6, 6.07) is 15.5. The van der Waals surface area contributed by atoms with E-state index in [-0.39, 0.29) is 5.91 Å². The van der Waals surface area contributed by atoms with Crippen LogP contribution in [-0.2, 0) is 11.2 Å². The molecule has 1 saturated carbocycles. The molecule has 2 aliphatic rings. The monoisotopic (exact) mass is 476 g/mol. The maximum atomic E-state index is 13.0. The second-order valence-corrected chi connectivity index (χ2v) is 11.4. The van der Waals surface area contributed by atoms with Crippen molar-refractivity contribution in [1.29, 1.82) is 0 Å². The number of fused-ring (bicyclic) bond motifs is 1. The van der Waals surface area contributed by atoms with Crippen molar-refractivity contribution in [3.8, 4) is 0 Å². The molecule has 1 aliphatic carbocycles. The van der Waals surface area contributed by atoms with Crippen molar-refractivity contribution in [2.45, 2.75) is 70.0 Å². The van der Waals surface area contributed by atoms with Crippen molar-refractivity contribution in [3.63, 3.8) is 0 Å². The van der Waals surface area contributed by atoms with Gasteiger partial charge in [0.2, 0.25) is 5.91 Å². The molecule has 0 spiro atoms. The summed E-state index contributed by atoms with van der Waals surface area (Å²) >= 11 is 1.58. The van der Waals surface area contributed by atoms with Gasteiger partial charge in [-0.25, -0.2) is 0 Å². The lowest BCUT2D eigenvalue weighted by atomic mass is 9.92. The third-order valence-electron chi connectivity index (χ3n) is 7.45. The van der Waals surface area contributed by atoms with Gasteiger partial charge in [0.15, 0.2) is 5.16 Å². The van der Waals surface area contributed by atoms with E-state index in [9.17, 15) is 4.79 Å². The van der Waals surface area contributed by atoms with Crippen LogP contribution in [0.25, 0.3) is 10.8 Å². The number of nitrogens with zero attached hydrogens (tertiary/aromatic N) is 4. The standard InChI is InChI=1S/C28H36N4OS/c1-20-15-21(2)18-31(17-20)27(33)19-34-28-30-29-26(32(28)24-12-4-3-5-13-24)16-23-11-8-10-22-9-6-7-14-25(22)23/h6-11,14,20-21,24H,3-5,12-13,15-19H2,1-2H3. The largest absolute Gasteiger partial charge is 0.341 e. The van der Waals surface area contributed by atoms with Crippen LogP contribution in [0.5, 0.6) is 0 Å². The van der Waals surface area contributed by atoms with Gasteiger partial charge in [-0.05, 0) is 47.4 Å². The molecule has 1 amide bonds. The van der Waals surface area contributed by atoms with Crippen molar-refractivity contribution in [3.05, 3.63) is 53.9 Å². The molecule has 0 radical (unpaired) electrons. The number of rotatable bonds is 6. The van der Waals surface area contributed by atoms with Gasteiger partial charge in [0.25, 0.3) is 0 Å². The molecule has 2 fully saturated rings. The third kappa shape index (κ3) is 5.17. The van der Waals surface area contributed by atoms with Crippen LogP contribution in [0.2, 0.25) is 0 Å². The van der Waals surface area contributed by atoms with Crippen molar-refractivity contribution < 1.29 is 4.79 Å². The molecule has 1 aliphatic heterocycles. The Morgan fingerprint density at radius 1 is 0.971 bits per heavy atom. The molecule has 6 heteroatoms. The van der Waals surface area contributed by atoms with Gasteiger partial charge in [-0.1, -0.05) is 87.3 Å². The van der Waals surface area contributed by atoms with Crippen LogP contribution in [0, 0.1) is 11.8 Å². The SMILES string of the molecule is CC1CC(C)CN(C(=O)CSc2nnc(Cc3cccc4ccccc34)n2C2CCCCC2)C1. The van der Waals surface area contributed by atoms with E-state index in [1.807, 2.05) is 0 Å². The molecule has 5 nitrogen and oxygen atoms in total. The Morgan fingerprint density at radius 2 is 1.71 bits per heavy atom. The highest BCUT2D eigenvalue weighted by Crippen LogP contribution is 2.34. The summed E-state index contributed by atoms with van der Waals surface area (Å²) in [5.74, 6) is 2.86. The molecule has 2 unspecified atom stereocenters. The molecule has 180 valence electrons. The third-order valence-corrected chi connectivity index (χ3v) is 8.38. The topological polar surface area (TPSA) is 51.0 Å². The number of thioether (sulfide) groups is 1. The Labute approximate surface area is 207 Å². The number of benzene rings is 2. The van der Waals surface area contributed by atoms with Gasteiger partial charge in [0.1, 0.15) is 5.82 Å². The number of aromatic nitrogens is 3. The van der Waals surface area contributed by atoms with Gasteiger partial charge in [0.05, 0.1) is 5.75 Å². The van der Waals surface area contributed by atoms with Crippen molar-refractivity contribution in [2.75, 3.05) is 18.8 Å². The van der Waals surface area contributed by atoms with Gasteiger partial charge >= 0.3 is 0 Å². The highest BCUT2D eigenvalue weighted by Gasteiger charge is 2.27. The average molecular weight is 477 g/mol. The van der Waals surface area contributed by atoms with Crippen molar-refractivity contribution in [1.82, 2.24) is 19.7 Å². The molecular weight excluding hydrogens is 440 g/mol. The number of piperidine rings is 1. The molecule has 3 aromatic rings. The summed E-state index contributed by atoms with van der Waals surface area (Å²) in [5, 5.41) is 12.7. The number of carbonyl (C=O) groups is 1. The van der Waals surface area contributed by atoms with Crippen LogP contribution in [0.3, 0.4) is 0 Å². The van der Waals surface area contributed by atoms with E-state index in [4.69, 9.17) is 0 Å². The van der Waals surface area contributed by atoms with E-state index < -0.39 is 0 Å². The van der Waals surface area contributed by atoms with E-state index in [0.717, 1.165) is 30.5 Å². The number of hydrogen-bond acceptors (Lipinski definition) is 4. The van der Waals surface area contributed by atoms with Crippen molar-refractivity contribution in [2.24, 2.45) is 11.8 Å². The van der Waals surface area contributed by atoms with Gasteiger partial charge in [-0.3, -0.25) is 4.79 Å². The molecule has 2 aromatic carbocycles. The number of amides is 1. The number of carbonyl (C=O) groups excluding carboxylic acids is 1. The molecule has 1 saturated heterocycles. The summed E-state index contributed by atoms with van der Waals surface area (Å²) in [4.78, 5) is 15.1. The fraction of sp³-hybridized carbons (Fsp3) is 0.536. The number of likely N-dealkylation sites (tertiary alicyclic amines) is 1. The van der Waals surface area contributed by atoms with Gasteiger partial charge in [-0.2, -0.15) is 0 Å². The van der Waals surface area contributed by atoms with E-state index in [1.165, 1.54) is 54.9 Å². The van der Waals surface area contributed by atoms with Gasteiger partial charge < -0.3 is 9.47 Å². The molecular formula is C28H36N4OS. The quantitative estimate of drug-likeness (QED) is 0.402. The second kappa shape index (κ2) is 10.5. The molecule has 0 N–H and O–H groups in total. The van der Waals surface area contributed by atoms with Gasteiger partial charge in [0, 0.05) is 25.6 Å². The van der Waals surface area contributed by atoms with Crippen LogP contribution in [0.1, 0.15) is 69.8 Å². The first-order valence-electron chi connectivity index (χ1n) is 12.9. The van der Waals surface area contributed by atoms with Crippen LogP contribution < -0.4 is 0 Å². The molecule has 0 bridgehead atoms. The summed E-state index contributed by atoms with van der Waals surface area (Å²) in [6.07, 6.45) is 8.13. The summed E-state index contributed by atoms with van der Waals surface area (Å²) in [5.41, 5.74) is 1.28. The Hall–Kier alpha value is -2.34. The fourth-order valence-electron chi connectivity index (χ4n) is 5.93. The minimum Gasteiger partial charge on any atom is -0.341 e. The Bertz CT molecular complexity index is 1120. The minimum absolute atomic E-state index is 0.234. The molecule has 2 heterocycles. The van der Waals surface area contributed by atoms with E-state index >= 15 is 0 Å². The lowest BCUT2D eigenvalue weighted by molar-refractivity contribution is -0.130. The summed E-state index contributed by atoms with van der Waals surface area (Å²) in [7, 11) is 0. The Morgan fingerprint density at radius 3 is 2.50 bits per heavy atom. The smallest absolute Gasteiger partial charge is 0.233 e. The minimum atomic E-state index is 0.234. The van der Waals surface area contributed by atoms with E-state index in [1.54, 1.807) is 11.8 Å². The van der Waals surface area contributed by atoms with Crippen LogP contribution in [0.4, 0.5) is 0 Å². The first kappa shape index (κ1) is 23.4. The maximum Gasteiger partial charge on any atom is 0.233 e. The Kier molecular flexibility index (Phi) is 7.23. The maximum absolute atomic E-state index is 13.0. The van der Waals surface area contributed by atoms with Crippen LogP contribution in [-0.4, -0.2) is 44.4 Å². The fourth-order valence-corrected chi connectivity index (χ4v) is 6.86. The highest BCUT2D eigenvalue weighted by atomic mass is 32.2. The van der Waals surface area contributed by atoms with Crippen LogP contribution in [0.15, 0.2) is 47.6 Å². The average Bonchev–Trinajstić information content (AvgIpc) is 3.25. The van der Waals surface area contributed by atoms with Crippen LogP contribution >= 0.6 is 11.8 Å². The summed E-state index contributed by atoms with van der Waals surface area (Å²) in [6.45, 7) is 6.27. The zero-order chi connectivity index (χ0) is 23.5. The summed E-state index contributed by atoms with van der Waals surface area (Å²) < 4.78 is 2.38. The molecule has 5 rings (SSSR count). The van der Waals surface area contributed by atoms with E-state index in [0.29, 0.717) is 23.6 Å². The Balaban J connectivity index is 1.38. The van der Waals surface area contributed by atoms with Gasteiger partial charge in [-0.15, -0.1) is 10.2 Å². The highest BCUT2D eigenvalue weighted by molar-refractivity contribution is 7.99. The van der Waals surface area contributed by atoms with Crippen molar-refractivity contribution >= 4 is 28.4 Å². The second-order valence-electron chi connectivity index (χ2n) is 10.4. The number of hydrogen-bond donors (Lipinski definition) is 0. The lowest BCUT2D eigenvalue weighted by Gasteiger charge is -2.35. The molecule has 34 heavy (non-hydrogen) atoms. The zero-order valence-corrected chi connectivity index (χ0v) is 21.3. The zero-order valence-electron chi connectivity index (χ0n) is 20.4. The van der Waals surface area contributed by atoms with E-state index in [2.05, 4.69) is 76.0 Å². The first-order chi connectivity index (χ1) is 16.6. The molecule has 1 aromatic heterocycles. The predicted molar refractivity (Wildman–Crippen MR) is 139 cm³/mol.